The summed E-state index contributed by atoms with van der Waals surface area (Å²) >= 11 is 0. The zero-order valence-corrected chi connectivity index (χ0v) is 7.82. The van der Waals surface area contributed by atoms with Crippen LogP contribution in [0.25, 0.3) is 0 Å². The van der Waals surface area contributed by atoms with E-state index in [-0.39, 0.29) is 47.6 Å². The third-order valence-electron chi connectivity index (χ3n) is 0.859. The normalized spacial score (nSPS) is 9.67. The van der Waals surface area contributed by atoms with Crippen molar-refractivity contribution in [1.82, 2.24) is 0 Å². The number of ether oxygens (including phenoxy) is 1. The molecular formula is C7H19OY-. The minimum absolute atomic E-state index is 0. The van der Waals surface area contributed by atoms with E-state index < -0.39 is 0 Å². The predicted molar refractivity (Wildman–Crippen MR) is 39.7 cm³/mol. The summed E-state index contributed by atoms with van der Waals surface area (Å²) in [6.45, 7) is 4.06. The van der Waals surface area contributed by atoms with Gasteiger partial charge in [-0.25, -0.2) is 7.11 Å². The van der Waals surface area contributed by atoms with Crippen LogP contribution in [0.15, 0.2) is 0 Å². The van der Waals surface area contributed by atoms with E-state index in [0.717, 1.165) is 6.42 Å². The van der Waals surface area contributed by atoms with Gasteiger partial charge in [-0.1, -0.05) is 21.8 Å². The van der Waals surface area contributed by atoms with Crippen molar-refractivity contribution in [2.75, 3.05) is 0 Å². The summed E-state index contributed by atoms with van der Waals surface area (Å²) < 4.78 is 4.65. The Hall–Kier alpha value is 1.06. The van der Waals surface area contributed by atoms with Crippen LogP contribution >= 0.6 is 0 Å². The largest absolute Gasteiger partial charge is 0.553 e. The molecule has 1 nitrogen and oxygen atoms in total. The SMILES string of the molecule is C.C.[CH2-]OC(C)CC.[Y]. The molecule has 0 aliphatic carbocycles. The Bertz CT molecular complexity index is 28.1. The maximum Gasteiger partial charge on any atom is 0.0196 e. The van der Waals surface area contributed by atoms with Crippen LogP contribution < -0.4 is 0 Å². The van der Waals surface area contributed by atoms with Crippen LogP contribution in [0.3, 0.4) is 0 Å². The molecule has 1 radical (unpaired) electrons. The van der Waals surface area contributed by atoms with Gasteiger partial charge in [-0.05, 0) is 13.3 Å². The van der Waals surface area contributed by atoms with E-state index >= 15 is 0 Å². The van der Waals surface area contributed by atoms with Crippen molar-refractivity contribution < 1.29 is 37.4 Å². The van der Waals surface area contributed by atoms with Crippen molar-refractivity contribution in [3.8, 4) is 0 Å². The van der Waals surface area contributed by atoms with Crippen LogP contribution in [0.4, 0.5) is 0 Å². The summed E-state index contributed by atoms with van der Waals surface area (Å²) in [4.78, 5) is 0. The molecule has 57 valence electrons. The number of rotatable bonds is 2. The molecule has 0 fully saturated rings. The van der Waals surface area contributed by atoms with E-state index in [9.17, 15) is 0 Å². The molecule has 9 heavy (non-hydrogen) atoms. The monoisotopic (exact) mass is 208 g/mol. The minimum atomic E-state index is 0. The smallest absolute Gasteiger partial charge is 0.0196 e. The first-order valence-corrected chi connectivity index (χ1v) is 2.22. The molecule has 0 aromatic heterocycles. The van der Waals surface area contributed by atoms with Gasteiger partial charge in [-0.15, -0.1) is 0 Å². The van der Waals surface area contributed by atoms with Gasteiger partial charge in [0.25, 0.3) is 0 Å². The first kappa shape index (κ1) is 22.5. The summed E-state index contributed by atoms with van der Waals surface area (Å²) in [7, 11) is 3.26. The molecule has 0 spiro atoms. The van der Waals surface area contributed by atoms with Gasteiger partial charge in [0, 0.05) is 38.8 Å². The van der Waals surface area contributed by atoms with Crippen molar-refractivity contribution in [3.63, 3.8) is 0 Å². The number of hydrogen-bond acceptors (Lipinski definition) is 1. The third kappa shape index (κ3) is 17.6. The molecule has 0 heterocycles. The maximum atomic E-state index is 4.65. The van der Waals surface area contributed by atoms with Crippen molar-refractivity contribution in [1.29, 1.82) is 0 Å². The first-order valence-electron chi connectivity index (χ1n) is 2.22. The molecule has 0 amide bonds. The van der Waals surface area contributed by atoms with E-state index in [1.807, 2.05) is 6.92 Å². The molecular weight excluding hydrogens is 189 g/mol. The van der Waals surface area contributed by atoms with E-state index in [0.29, 0.717) is 6.10 Å². The summed E-state index contributed by atoms with van der Waals surface area (Å²) in [5.41, 5.74) is 0. The number of hydrogen-bond donors (Lipinski definition) is 0. The molecule has 0 aliphatic rings. The minimum Gasteiger partial charge on any atom is -0.553 e. The third-order valence-corrected chi connectivity index (χ3v) is 0.859. The first-order chi connectivity index (χ1) is 2.81. The van der Waals surface area contributed by atoms with E-state index in [1.165, 1.54) is 0 Å². The fraction of sp³-hybridized carbons (Fsp3) is 0.857. The van der Waals surface area contributed by atoms with Crippen molar-refractivity contribution >= 4 is 0 Å². The summed E-state index contributed by atoms with van der Waals surface area (Å²) in [5.74, 6) is 0. The van der Waals surface area contributed by atoms with Crippen LogP contribution in [0.5, 0.6) is 0 Å². The van der Waals surface area contributed by atoms with Crippen LogP contribution in [0.2, 0.25) is 0 Å². The van der Waals surface area contributed by atoms with Crippen molar-refractivity contribution in [2.45, 2.75) is 41.2 Å². The average Bonchev–Trinajstić information content (AvgIpc) is 1.65. The second-order valence-electron chi connectivity index (χ2n) is 1.39. The molecule has 0 aliphatic heterocycles. The molecule has 1 atom stereocenters. The van der Waals surface area contributed by atoms with Gasteiger partial charge in [-0.2, -0.15) is 0 Å². The summed E-state index contributed by atoms with van der Waals surface area (Å²) in [6, 6.07) is 0. The van der Waals surface area contributed by atoms with Gasteiger partial charge in [0.2, 0.25) is 0 Å². The van der Waals surface area contributed by atoms with Crippen LogP contribution in [-0.4, -0.2) is 6.10 Å². The van der Waals surface area contributed by atoms with Gasteiger partial charge >= 0.3 is 0 Å². The summed E-state index contributed by atoms with van der Waals surface area (Å²) in [6.07, 6.45) is 1.37. The van der Waals surface area contributed by atoms with Crippen molar-refractivity contribution in [3.05, 3.63) is 7.11 Å². The molecule has 0 rings (SSSR count). The Kier molecular flexibility index (Phi) is 40.0. The van der Waals surface area contributed by atoms with Gasteiger partial charge < -0.3 is 4.74 Å². The Labute approximate surface area is 85.4 Å². The molecule has 0 bridgehead atoms. The summed E-state index contributed by atoms with van der Waals surface area (Å²) in [5, 5.41) is 0. The Morgan fingerprint density at radius 1 is 1.44 bits per heavy atom. The molecule has 0 saturated carbocycles. The van der Waals surface area contributed by atoms with Crippen LogP contribution in [0.1, 0.15) is 35.1 Å². The second kappa shape index (κ2) is 16.0. The maximum absolute atomic E-state index is 4.65. The van der Waals surface area contributed by atoms with Crippen LogP contribution in [-0.2, 0) is 37.4 Å². The average molecular weight is 208 g/mol. The fourth-order valence-corrected chi connectivity index (χ4v) is 0.118. The van der Waals surface area contributed by atoms with Crippen molar-refractivity contribution in [2.24, 2.45) is 0 Å². The van der Waals surface area contributed by atoms with Gasteiger partial charge in [0.1, 0.15) is 0 Å². The zero-order chi connectivity index (χ0) is 4.99. The Morgan fingerprint density at radius 2 is 1.78 bits per heavy atom. The second-order valence-corrected chi connectivity index (χ2v) is 1.39. The van der Waals surface area contributed by atoms with Gasteiger partial charge in [0.15, 0.2) is 0 Å². The van der Waals surface area contributed by atoms with Crippen LogP contribution in [0, 0.1) is 7.11 Å². The molecule has 0 aromatic carbocycles. The zero-order valence-electron chi connectivity index (χ0n) is 4.98. The molecule has 0 aromatic rings. The van der Waals surface area contributed by atoms with Gasteiger partial charge in [-0.3, -0.25) is 0 Å². The van der Waals surface area contributed by atoms with Gasteiger partial charge in [0.05, 0.1) is 0 Å². The molecule has 2 heteroatoms. The topological polar surface area (TPSA) is 9.23 Å². The predicted octanol–water partition coefficient (Wildman–Crippen LogP) is 2.86. The van der Waals surface area contributed by atoms with E-state index in [2.05, 4.69) is 18.8 Å². The van der Waals surface area contributed by atoms with E-state index in [1.54, 1.807) is 0 Å². The standard InChI is InChI=1S/C5H11O.2CH4.Y/c1-4-5(2)6-3;;;/h5H,3-4H2,1-2H3;2*1H4;/q-1;;;. The van der Waals surface area contributed by atoms with E-state index in [4.69, 9.17) is 0 Å². The Balaban J connectivity index is -0.0000000417. The molecule has 0 N–H and O–H groups in total. The quantitative estimate of drug-likeness (QED) is 0.634. The Morgan fingerprint density at radius 3 is 1.78 bits per heavy atom. The fourth-order valence-electron chi connectivity index (χ4n) is 0.118. The molecule has 1 unspecified atom stereocenters. The molecule has 0 saturated heterocycles.